The van der Waals surface area contributed by atoms with Gasteiger partial charge in [-0.25, -0.2) is 0 Å². The number of nitrogens with one attached hydrogen (secondary N) is 1. The van der Waals surface area contributed by atoms with Gasteiger partial charge in [0.2, 0.25) is 0 Å². The van der Waals surface area contributed by atoms with Crippen LogP contribution < -0.4 is 5.32 Å². The minimum atomic E-state index is -0.171. The Bertz CT molecular complexity index is 701. The number of aromatic nitrogens is 3. The molecule has 2 atom stereocenters. The average Bonchev–Trinajstić information content (AvgIpc) is 3.03. The zero-order chi connectivity index (χ0) is 15.9. The van der Waals surface area contributed by atoms with Crippen LogP contribution in [0.2, 0.25) is 0 Å². The highest BCUT2D eigenvalue weighted by Crippen LogP contribution is 2.28. The van der Waals surface area contributed by atoms with Gasteiger partial charge < -0.3 is 9.84 Å². The van der Waals surface area contributed by atoms with Crippen molar-refractivity contribution >= 4 is 5.91 Å². The molecule has 1 amide bonds. The van der Waals surface area contributed by atoms with Gasteiger partial charge in [-0.3, -0.25) is 9.48 Å². The predicted octanol–water partition coefficient (Wildman–Crippen LogP) is 2.33. The zero-order valence-electron chi connectivity index (χ0n) is 13.5. The van der Waals surface area contributed by atoms with Gasteiger partial charge in [0.25, 0.3) is 5.91 Å². The summed E-state index contributed by atoms with van der Waals surface area (Å²) in [5.74, 6) is 1.26. The van der Waals surface area contributed by atoms with Crippen LogP contribution in [0, 0.1) is 12.8 Å². The third-order valence-corrected chi connectivity index (χ3v) is 4.59. The van der Waals surface area contributed by atoms with Crippen LogP contribution in [0.4, 0.5) is 0 Å². The molecule has 1 N–H and O–H groups in total. The molecule has 0 saturated carbocycles. The van der Waals surface area contributed by atoms with Crippen molar-refractivity contribution in [1.82, 2.24) is 20.3 Å². The van der Waals surface area contributed by atoms with E-state index in [1.54, 1.807) is 10.9 Å². The van der Waals surface area contributed by atoms with E-state index in [0.717, 1.165) is 41.8 Å². The lowest BCUT2D eigenvalue weighted by molar-refractivity contribution is 0.0929. The second-order valence-corrected chi connectivity index (χ2v) is 6.28. The Kier molecular flexibility index (Phi) is 3.76. The molecule has 0 saturated heterocycles. The molecular formula is C16H22N4O2. The fraction of sp³-hybridized carbons (Fsp3) is 0.562. The highest BCUT2D eigenvalue weighted by molar-refractivity contribution is 5.94. The standard InChI is InChI=1S/C16H22N4O2/c1-9-5-6-14-12(7-9)15(19-22-14)16(21)18-10(2)13-8-17-20(4)11(13)3/h8-10H,5-7H2,1-4H3,(H,18,21). The second-order valence-electron chi connectivity index (χ2n) is 6.28. The Morgan fingerprint density at radius 1 is 1.55 bits per heavy atom. The molecule has 0 spiro atoms. The third-order valence-electron chi connectivity index (χ3n) is 4.59. The van der Waals surface area contributed by atoms with Crippen molar-refractivity contribution < 1.29 is 9.32 Å². The molecule has 22 heavy (non-hydrogen) atoms. The molecule has 0 bridgehead atoms. The lowest BCUT2D eigenvalue weighted by Gasteiger charge is -2.17. The Balaban J connectivity index is 1.78. The van der Waals surface area contributed by atoms with Gasteiger partial charge in [0.15, 0.2) is 5.69 Å². The van der Waals surface area contributed by atoms with Crippen molar-refractivity contribution in [1.29, 1.82) is 0 Å². The van der Waals surface area contributed by atoms with E-state index < -0.39 is 0 Å². The zero-order valence-corrected chi connectivity index (χ0v) is 13.5. The number of fused-ring (bicyclic) bond motifs is 1. The SMILES string of the molecule is Cc1c(C(C)NC(=O)c2noc3c2CC(C)CC3)cnn1C. The van der Waals surface area contributed by atoms with Gasteiger partial charge in [0, 0.05) is 30.3 Å². The Morgan fingerprint density at radius 2 is 2.32 bits per heavy atom. The largest absolute Gasteiger partial charge is 0.360 e. The van der Waals surface area contributed by atoms with Crippen LogP contribution in [-0.2, 0) is 19.9 Å². The second kappa shape index (κ2) is 5.59. The van der Waals surface area contributed by atoms with Gasteiger partial charge in [-0.1, -0.05) is 12.1 Å². The molecule has 6 heteroatoms. The summed E-state index contributed by atoms with van der Waals surface area (Å²) in [5.41, 5.74) is 3.48. The molecular weight excluding hydrogens is 280 g/mol. The number of rotatable bonds is 3. The molecule has 1 aliphatic carbocycles. The summed E-state index contributed by atoms with van der Waals surface area (Å²) < 4.78 is 7.15. The molecule has 0 fully saturated rings. The van der Waals surface area contributed by atoms with Crippen LogP contribution in [0.3, 0.4) is 0 Å². The number of hydrogen-bond donors (Lipinski definition) is 1. The van der Waals surface area contributed by atoms with Gasteiger partial charge in [0.05, 0.1) is 12.2 Å². The highest BCUT2D eigenvalue weighted by Gasteiger charge is 2.28. The van der Waals surface area contributed by atoms with Gasteiger partial charge >= 0.3 is 0 Å². The van der Waals surface area contributed by atoms with Crippen LogP contribution >= 0.6 is 0 Å². The lowest BCUT2D eigenvalue weighted by Crippen LogP contribution is -2.28. The number of aryl methyl sites for hydroxylation is 2. The van der Waals surface area contributed by atoms with Crippen molar-refractivity contribution in [3.8, 4) is 0 Å². The first-order chi connectivity index (χ1) is 10.5. The monoisotopic (exact) mass is 302 g/mol. The van der Waals surface area contributed by atoms with Crippen LogP contribution in [0.1, 0.15) is 59.4 Å². The number of nitrogens with zero attached hydrogens (tertiary/aromatic N) is 3. The van der Waals surface area contributed by atoms with Crippen molar-refractivity contribution in [3.63, 3.8) is 0 Å². The summed E-state index contributed by atoms with van der Waals surface area (Å²) in [6.07, 6.45) is 4.62. The van der Waals surface area contributed by atoms with Crippen molar-refractivity contribution in [2.24, 2.45) is 13.0 Å². The fourth-order valence-electron chi connectivity index (χ4n) is 3.04. The van der Waals surface area contributed by atoms with E-state index in [4.69, 9.17) is 4.52 Å². The molecule has 0 radical (unpaired) electrons. The van der Waals surface area contributed by atoms with Crippen LogP contribution in [0.25, 0.3) is 0 Å². The molecule has 2 heterocycles. The Morgan fingerprint density at radius 3 is 3.00 bits per heavy atom. The molecule has 2 aromatic heterocycles. The van der Waals surface area contributed by atoms with E-state index in [-0.39, 0.29) is 11.9 Å². The summed E-state index contributed by atoms with van der Waals surface area (Å²) in [5, 5.41) is 11.2. The molecule has 6 nitrogen and oxygen atoms in total. The molecule has 2 unspecified atom stereocenters. The molecule has 3 rings (SSSR count). The molecule has 0 aliphatic heterocycles. The average molecular weight is 302 g/mol. The number of carbonyl (C=O) groups excluding carboxylic acids is 1. The summed E-state index contributed by atoms with van der Waals surface area (Å²) >= 11 is 0. The number of carbonyl (C=O) groups is 1. The first-order valence-electron chi connectivity index (χ1n) is 7.74. The van der Waals surface area contributed by atoms with E-state index in [2.05, 4.69) is 22.5 Å². The van der Waals surface area contributed by atoms with Crippen molar-refractivity contribution in [2.75, 3.05) is 0 Å². The van der Waals surface area contributed by atoms with E-state index in [1.165, 1.54) is 0 Å². The fourth-order valence-corrected chi connectivity index (χ4v) is 3.04. The van der Waals surface area contributed by atoms with Gasteiger partial charge in [-0.15, -0.1) is 0 Å². The minimum absolute atomic E-state index is 0.116. The first-order valence-corrected chi connectivity index (χ1v) is 7.74. The molecule has 1 aliphatic rings. The van der Waals surface area contributed by atoms with E-state index in [9.17, 15) is 4.79 Å². The van der Waals surface area contributed by atoms with E-state index in [1.807, 2.05) is 20.9 Å². The topological polar surface area (TPSA) is 73.0 Å². The smallest absolute Gasteiger partial charge is 0.274 e. The maximum atomic E-state index is 12.5. The lowest BCUT2D eigenvalue weighted by atomic mass is 9.88. The third kappa shape index (κ3) is 2.53. The van der Waals surface area contributed by atoms with Gasteiger partial charge in [0.1, 0.15) is 5.76 Å². The summed E-state index contributed by atoms with van der Waals surface area (Å²) in [6, 6.07) is -0.116. The maximum Gasteiger partial charge on any atom is 0.274 e. The van der Waals surface area contributed by atoms with Gasteiger partial charge in [-0.2, -0.15) is 5.10 Å². The Labute approximate surface area is 129 Å². The summed E-state index contributed by atoms with van der Waals surface area (Å²) in [7, 11) is 1.89. The maximum absolute atomic E-state index is 12.5. The van der Waals surface area contributed by atoms with Crippen LogP contribution in [0.15, 0.2) is 10.7 Å². The summed E-state index contributed by atoms with van der Waals surface area (Å²) in [6.45, 7) is 6.14. The quantitative estimate of drug-likeness (QED) is 0.944. The normalized spacial score (nSPS) is 18.8. The Hall–Kier alpha value is -2.11. The molecule has 2 aromatic rings. The predicted molar refractivity (Wildman–Crippen MR) is 81.5 cm³/mol. The summed E-state index contributed by atoms with van der Waals surface area (Å²) in [4.78, 5) is 12.5. The van der Waals surface area contributed by atoms with Crippen LogP contribution in [-0.4, -0.2) is 20.8 Å². The molecule has 0 aromatic carbocycles. The number of hydrogen-bond acceptors (Lipinski definition) is 4. The van der Waals surface area contributed by atoms with Gasteiger partial charge in [-0.05, 0) is 32.6 Å². The van der Waals surface area contributed by atoms with Crippen LogP contribution in [0.5, 0.6) is 0 Å². The van der Waals surface area contributed by atoms with E-state index >= 15 is 0 Å². The number of amides is 1. The van der Waals surface area contributed by atoms with E-state index in [0.29, 0.717) is 11.6 Å². The first kappa shape index (κ1) is 14.8. The van der Waals surface area contributed by atoms with Crippen molar-refractivity contribution in [2.45, 2.75) is 46.1 Å². The molecule has 118 valence electrons. The van der Waals surface area contributed by atoms with Crippen molar-refractivity contribution in [3.05, 3.63) is 34.5 Å². The highest BCUT2D eigenvalue weighted by atomic mass is 16.5. The minimum Gasteiger partial charge on any atom is -0.360 e.